The first-order valence-corrected chi connectivity index (χ1v) is 6.09. The van der Waals surface area contributed by atoms with Crippen LogP contribution in [-0.2, 0) is 11.2 Å². The highest BCUT2D eigenvalue weighted by atomic mass is 16.1. The van der Waals surface area contributed by atoms with E-state index in [-0.39, 0.29) is 5.91 Å². The van der Waals surface area contributed by atoms with E-state index in [1.54, 1.807) is 0 Å². The molecule has 0 bridgehead atoms. The summed E-state index contributed by atoms with van der Waals surface area (Å²) in [5.74, 6) is -0.0219. The van der Waals surface area contributed by atoms with E-state index in [2.05, 4.69) is 24.4 Å². The molecule has 0 fully saturated rings. The predicted octanol–water partition coefficient (Wildman–Crippen LogP) is 4.01. The van der Waals surface area contributed by atoms with Crippen LogP contribution in [0, 0.1) is 0 Å². The van der Waals surface area contributed by atoms with Crippen LogP contribution in [0.1, 0.15) is 46.1 Å². The van der Waals surface area contributed by atoms with Crippen LogP contribution >= 0.6 is 0 Å². The maximum atomic E-state index is 10.8. The highest BCUT2D eigenvalue weighted by Crippen LogP contribution is 2.11. The van der Waals surface area contributed by atoms with Gasteiger partial charge < -0.3 is 5.32 Å². The van der Waals surface area contributed by atoms with Crippen molar-refractivity contribution in [3.63, 3.8) is 0 Å². The van der Waals surface area contributed by atoms with Gasteiger partial charge in [-0.05, 0) is 30.5 Å². The molecule has 0 aromatic heterocycles. The number of hydrogen-bond acceptors (Lipinski definition) is 1. The summed E-state index contributed by atoms with van der Waals surface area (Å²) in [6, 6.07) is 8.04. The van der Waals surface area contributed by atoms with Crippen LogP contribution in [0.15, 0.2) is 24.3 Å². The highest BCUT2D eigenvalue weighted by molar-refractivity contribution is 5.88. The Kier molecular flexibility index (Phi) is 8.22. The lowest BCUT2D eigenvalue weighted by atomic mass is 10.1. The zero-order valence-corrected chi connectivity index (χ0v) is 10.8. The maximum absolute atomic E-state index is 10.8. The van der Waals surface area contributed by atoms with Gasteiger partial charge in [-0.3, -0.25) is 4.79 Å². The van der Waals surface area contributed by atoms with Gasteiger partial charge in [0.05, 0.1) is 0 Å². The lowest BCUT2D eigenvalue weighted by Gasteiger charge is -2.03. The number of rotatable bonds is 4. The molecular weight excluding hydrogens is 198 g/mol. The second kappa shape index (κ2) is 8.96. The summed E-state index contributed by atoms with van der Waals surface area (Å²) in [4.78, 5) is 10.8. The van der Waals surface area contributed by atoms with Crippen LogP contribution in [0.5, 0.6) is 0 Å². The van der Waals surface area contributed by atoms with Crippen molar-refractivity contribution in [1.82, 2.24) is 0 Å². The maximum Gasteiger partial charge on any atom is 0.221 e. The normalized spacial score (nSPS) is 9.00. The van der Waals surface area contributed by atoms with Crippen molar-refractivity contribution in [2.75, 3.05) is 5.32 Å². The van der Waals surface area contributed by atoms with Crippen molar-refractivity contribution < 1.29 is 4.79 Å². The number of hydrogen-bond donors (Lipinski definition) is 1. The SMILES string of the molecule is CC.CCCCc1ccc(NC(C)=O)cc1. The largest absolute Gasteiger partial charge is 0.326 e. The molecule has 1 N–H and O–H groups in total. The molecule has 0 saturated heterocycles. The molecule has 90 valence electrons. The Morgan fingerprint density at radius 2 is 1.75 bits per heavy atom. The van der Waals surface area contributed by atoms with E-state index in [4.69, 9.17) is 0 Å². The van der Waals surface area contributed by atoms with Gasteiger partial charge in [0.15, 0.2) is 0 Å². The van der Waals surface area contributed by atoms with Crippen molar-refractivity contribution in [2.45, 2.75) is 47.0 Å². The van der Waals surface area contributed by atoms with Gasteiger partial charge in [-0.1, -0.05) is 39.3 Å². The van der Waals surface area contributed by atoms with Gasteiger partial charge in [0.25, 0.3) is 0 Å². The average Bonchev–Trinajstić information content (AvgIpc) is 2.30. The second-order valence-corrected chi connectivity index (χ2v) is 3.48. The number of benzene rings is 1. The number of unbranched alkanes of at least 4 members (excludes halogenated alkanes) is 1. The van der Waals surface area contributed by atoms with Crippen molar-refractivity contribution in [1.29, 1.82) is 0 Å². The minimum atomic E-state index is -0.0219. The molecule has 2 nitrogen and oxygen atoms in total. The third-order valence-corrected chi connectivity index (χ3v) is 2.09. The summed E-state index contributed by atoms with van der Waals surface area (Å²) in [5.41, 5.74) is 2.21. The Bertz CT molecular complexity index is 290. The van der Waals surface area contributed by atoms with Gasteiger partial charge >= 0.3 is 0 Å². The third-order valence-electron chi connectivity index (χ3n) is 2.09. The molecule has 1 amide bonds. The summed E-state index contributed by atoms with van der Waals surface area (Å²) in [6.45, 7) is 7.71. The molecule has 0 aliphatic carbocycles. The zero-order chi connectivity index (χ0) is 12.4. The molecule has 2 heteroatoms. The summed E-state index contributed by atoms with van der Waals surface area (Å²) >= 11 is 0. The smallest absolute Gasteiger partial charge is 0.221 e. The molecule has 0 atom stereocenters. The molecule has 0 saturated carbocycles. The summed E-state index contributed by atoms with van der Waals surface area (Å²) < 4.78 is 0. The number of anilines is 1. The molecular formula is C14H23NO. The summed E-state index contributed by atoms with van der Waals surface area (Å²) in [5, 5.41) is 2.75. The van der Waals surface area contributed by atoms with E-state index in [0.717, 1.165) is 12.1 Å². The summed E-state index contributed by atoms with van der Waals surface area (Å²) in [7, 11) is 0. The Balaban J connectivity index is 0.00000106. The fourth-order valence-corrected chi connectivity index (χ4v) is 1.34. The Morgan fingerprint density at radius 3 is 2.19 bits per heavy atom. The summed E-state index contributed by atoms with van der Waals surface area (Å²) in [6.07, 6.45) is 3.56. The number of nitrogens with one attached hydrogen (secondary N) is 1. The molecule has 1 rings (SSSR count). The molecule has 0 spiro atoms. The molecule has 0 aliphatic rings. The van der Waals surface area contributed by atoms with Gasteiger partial charge in [-0.25, -0.2) is 0 Å². The van der Waals surface area contributed by atoms with E-state index < -0.39 is 0 Å². The van der Waals surface area contributed by atoms with Crippen LogP contribution in [-0.4, -0.2) is 5.91 Å². The van der Waals surface area contributed by atoms with E-state index in [1.165, 1.54) is 25.3 Å². The Morgan fingerprint density at radius 1 is 1.19 bits per heavy atom. The molecule has 0 radical (unpaired) electrons. The first kappa shape index (κ1) is 14.7. The number of aryl methyl sites for hydroxylation is 1. The second-order valence-electron chi connectivity index (χ2n) is 3.48. The average molecular weight is 221 g/mol. The first-order chi connectivity index (χ1) is 7.72. The monoisotopic (exact) mass is 221 g/mol. The Hall–Kier alpha value is -1.31. The molecule has 0 heterocycles. The predicted molar refractivity (Wildman–Crippen MR) is 70.7 cm³/mol. The molecule has 1 aromatic rings. The van der Waals surface area contributed by atoms with E-state index >= 15 is 0 Å². The van der Waals surface area contributed by atoms with Crippen molar-refractivity contribution in [3.05, 3.63) is 29.8 Å². The quantitative estimate of drug-likeness (QED) is 0.817. The highest BCUT2D eigenvalue weighted by Gasteiger charge is 1.95. The van der Waals surface area contributed by atoms with Crippen LogP contribution in [0.4, 0.5) is 5.69 Å². The lowest BCUT2D eigenvalue weighted by molar-refractivity contribution is -0.114. The van der Waals surface area contributed by atoms with Crippen LogP contribution in [0.3, 0.4) is 0 Å². The van der Waals surface area contributed by atoms with Gasteiger partial charge in [-0.15, -0.1) is 0 Å². The van der Waals surface area contributed by atoms with Gasteiger partial charge in [0, 0.05) is 12.6 Å². The van der Waals surface area contributed by atoms with E-state index in [0.29, 0.717) is 0 Å². The van der Waals surface area contributed by atoms with Crippen molar-refractivity contribution >= 4 is 11.6 Å². The van der Waals surface area contributed by atoms with E-state index in [9.17, 15) is 4.79 Å². The van der Waals surface area contributed by atoms with Crippen LogP contribution in [0.25, 0.3) is 0 Å². The first-order valence-electron chi connectivity index (χ1n) is 6.09. The third kappa shape index (κ3) is 6.23. The minimum absolute atomic E-state index is 0.0219. The molecule has 1 aromatic carbocycles. The molecule has 0 aliphatic heterocycles. The van der Waals surface area contributed by atoms with Crippen LogP contribution < -0.4 is 5.32 Å². The standard InChI is InChI=1S/C12H17NO.C2H6/c1-3-4-5-11-6-8-12(9-7-11)13-10(2)14;1-2/h6-9H,3-5H2,1-2H3,(H,13,14);1-2H3. The topological polar surface area (TPSA) is 29.1 Å². The van der Waals surface area contributed by atoms with Gasteiger partial charge in [0.1, 0.15) is 0 Å². The number of carbonyl (C=O) groups excluding carboxylic acids is 1. The van der Waals surface area contributed by atoms with Crippen molar-refractivity contribution in [2.24, 2.45) is 0 Å². The zero-order valence-electron chi connectivity index (χ0n) is 10.8. The fourth-order valence-electron chi connectivity index (χ4n) is 1.34. The molecule has 16 heavy (non-hydrogen) atoms. The van der Waals surface area contributed by atoms with E-state index in [1.807, 2.05) is 26.0 Å². The van der Waals surface area contributed by atoms with Gasteiger partial charge in [0.2, 0.25) is 5.91 Å². The molecule has 0 unspecified atom stereocenters. The number of amides is 1. The fraction of sp³-hybridized carbons (Fsp3) is 0.500. The number of carbonyl (C=O) groups is 1. The van der Waals surface area contributed by atoms with Crippen molar-refractivity contribution in [3.8, 4) is 0 Å². The minimum Gasteiger partial charge on any atom is -0.326 e. The van der Waals surface area contributed by atoms with Gasteiger partial charge in [-0.2, -0.15) is 0 Å². The van der Waals surface area contributed by atoms with Crippen LogP contribution in [0.2, 0.25) is 0 Å². The lowest BCUT2D eigenvalue weighted by Crippen LogP contribution is -2.05. The Labute approximate surface area is 99.1 Å².